The summed E-state index contributed by atoms with van der Waals surface area (Å²) in [5.74, 6) is 0. The molecule has 1 aromatic carbocycles. The number of rotatable bonds is 4. The Bertz CT molecular complexity index is 644. The van der Waals surface area contributed by atoms with Gasteiger partial charge < -0.3 is 0 Å². The number of nitrogens with zero attached hydrogens (tertiary/aromatic N) is 1. The lowest BCUT2D eigenvalue weighted by molar-refractivity contribution is 0.658. The summed E-state index contributed by atoms with van der Waals surface area (Å²) >= 11 is 0. The Morgan fingerprint density at radius 2 is 2.00 bits per heavy atom. The molecule has 1 aromatic heterocycles. The van der Waals surface area contributed by atoms with Crippen LogP contribution in [0, 0.1) is 0 Å². The van der Waals surface area contributed by atoms with Crippen molar-refractivity contribution in [2.24, 2.45) is 5.14 Å². The Hall–Kier alpha value is -1.72. The van der Waals surface area contributed by atoms with E-state index in [0.29, 0.717) is 0 Å². The summed E-state index contributed by atoms with van der Waals surface area (Å²) in [6, 6.07) is 11.9. The van der Waals surface area contributed by atoms with Gasteiger partial charge in [0.2, 0.25) is 0 Å². The second-order valence-electron chi connectivity index (χ2n) is 5.21. The van der Waals surface area contributed by atoms with Crippen molar-refractivity contribution in [3.63, 3.8) is 0 Å². The molecule has 4 nitrogen and oxygen atoms in total. The number of H-pyrrole nitrogens is 1. The van der Waals surface area contributed by atoms with Gasteiger partial charge in [-0.25, -0.2) is 4.21 Å². The summed E-state index contributed by atoms with van der Waals surface area (Å²) in [6.45, 7) is 5.65. The van der Waals surface area contributed by atoms with Crippen molar-refractivity contribution >= 4 is 17.1 Å². The van der Waals surface area contributed by atoms with Crippen molar-refractivity contribution in [1.82, 2.24) is 10.2 Å². The van der Waals surface area contributed by atoms with Crippen LogP contribution in [0.5, 0.6) is 0 Å². The minimum absolute atomic E-state index is 0.558. The van der Waals surface area contributed by atoms with Crippen molar-refractivity contribution in [3.05, 3.63) is 47.7 Å². The summed E-state index contributed by atoms with van der Waals surface area (Å²) in [5.41, 5.74) is 3.76. The topological polar surface area (TPSA) is 71.8 Å². The predicted octanol–water partition coefficient (Wildman–Crippen LogP) is 2.88. The molecule has 0 aliphatic heterocycles. The molecule has 0 amide bonds. The van der Waals surface area contributed by atoms with Gasteiger partial charge in [0.25, 0.3) is 0 Å². The molecule has 106 valence electrons. The highest BCUT2D eigenvalue weighted by molar-refractivity contribution is 7.84. The first-order valence-electron chi connectivity index (χ1n) is 6.37. The van der Waals surface area contributed by atoms with E-state index < -0.39 is 15.7 Å². The lowest BCUT2D eigenvalue weighted by Gasteiger charge is -2.21. The van der Waals surface area contributed by atoms with Crippen molar-refractivity contribution in [2.75, 3.05) is 0 Å². The average molecular weight is 289 g/mol. The molecule has 5 heteroatoms. The Morgan fingerprint density at radius 3 is 2.60 bits per heavy atom. The van der Waals surface area contributed by atoms with Crippen LogP contribution in [-0.4, -0.2) is 19.2 Å². The fourth-order valence-electron chi connectivity index (χ4n) is 1.73. The van der Waals surface area contributed by atoms with Gasteiger partial charge in [0.05, 0.1) is 27.1 Å². The SMILES string of the molecule is CC(=Cc1cc(-c2ccccc2)n[nH]1)C(C)(C)S(N)=O. The Labute approximate surface area is 121 Å². The van der Waals surface area contributed by atoms with E-state index in [4.69, 9.17) is 5.14 Å². The molecule has 1 heterocycles. The maximum atomic E-state index is 11.5. The van der Waals surface area contributed by atoms with Crippen LogP contribution in [0.4, 0.5) is 0 Å². The Balaban J connectivity index is 2.28. The van der Waals surface area contributed by atoms with Crippen molar-refractivity contribution in [1.29, 1.82) is 0 Å². The van der Waals surface area contributed by atoms with Gasteiger partial charge in [0, 0.05) is 5.56 Å². The highest BCUT2D eigenvalue weighted by Crippen LogP contribution is 2.24. The molecule has 0 bridgehead atoms. The van der Waals surface area contributed by atoms with Crippen molar-refractivity contribution < 1.29 is 4.21 Å². The zero-order valence-electron chi connectivity index (χ0n) is 11.9. The quantitative estimate of drug-likeness (QED) is 0.908. The maximum absolute atomic E-state index is 11.5. The normalized spacial score (nSPS) is 14.3. The number of hydrogen-bond acceptors (Lipinski definition) is 2. The van der Waals surface area contributed by atoms with E-state index in [1.165, 1.54) is 0 Å². The third kappa shape index (κ3) is 3.05. The van der Waals surface area contributed by atoms with Crippen LogP contribution in [0.1, 0.15) is 26.5 Å². The minimum atomic E-state index is -1.41. The minimum Gasteiger partial charge on any atom is -0.278 e. The maximum Gasteiger partial charge on any atom is 0.0987 e. The van der Waals surface area contributed by atoms with E-state index in [1.807, 2.05) is 63.2 Å². The molecule has 0 radical (unpaired) electrons. The van der Waals surface area contributed by atoms with Crippen LogP contribution in [-0.2, 0) is 11.0 Å². The molecule has 1 unspecified atom stereocenters. The van der Waals surface area contributed by atoms with Gasteiger partial charge in [-0.05, 0) is 32.9 Å². The van der Waals surface area contributed by atoms with E-state index >= 15 is 0 Å². The highest BCUT2D eigenvalue weighted by Gasteiger charge is 2.25. The van der Waals surface area contributed by atoms with Crippen LogP contribution < -0.4 is 5.14 Å². The van der Waals surface area contributed by atoms with Crippen LogP contribution in [0.2, 0.25) is 0 Å². The first-order chi connectivity index (χ1) is 9.41. The first-order valence-corrected chi connectivity index (χ1v) is 7.58. The number of aromatic amines is 1. The molecule has 0 saturated heterocycles. The molecular formula is C15H19N3OS. The second-order valence-corrected chi connectivity index (χ2v) is 6.83. The van der Waals surface area contributed by atoms with Crippen LogP contribution in [0.15, 0.2) is 42.0 Å². The molecule has 3 N–H and O–H groups in total. The lowest BCUT2D eigenvalue weighted by Crippen LogP contribution is -2.32. The lowest BCUT2D eigenvalue weighted by atomic mass is 10.0. The van der Waals surface area contributed by atoms with E-state index in [9.17, 15) is 4.21 Å². The fraction of sp³-hybridized carbons (Fsp3) is 0.267. The van der Waals surface area contributed by atoms with Crippen molar-refractivity contribution in [3.8, 4) is 11.3 Å². The van der Waals surface area contributed by atoms with Crippen LogP contribution in [0.25, 0.3) is 17.3 Å². The molecule has 0 fully saturated rings. The molecule has 0 spiro atoms. The molecule has 0 aliphatic rings. The largest absolute Gasteiger partial charge is 0.278 e. The monoisotopic (exact) mass is 289 g/mol. The molecule has 20 heavy (non-hydrogen) atoms. The number of aromatic nitrogens is 2. The summed E-state index contributed by atoms with van der Waals surface area (Å²) in [5, 5.41) is 12.8. The molecular weight excluding hydrogens is 270 g/mol. The second kappa shape index (κ2) is 5.73. The number of nitrogens with two attached hydrogens (primary N) is 1. The number of nitrogens with one attached hydrogen (secondary N) is 1. The molecule has 2 rings (SSSR count). The third-order valence-electron chi connectivity index (χ3n) is 3.49. The number of hydrogen-bond donors (Lipinski definition) is 2. The van der Waals surface area contributed by atoms with Gasteiger partial charge >= 0.3 is 0 Å². The molecule has 2 aromatic rings. The van der Waals surface area contributed by atoms with Gasteiger partial charge in [-0.2, -0.15) is 5.10 Å². The highest BCUT2D eigenvalue weighted by atomic mass is 32.2. The van der Waals surface area contributed by atoms with Gasteiger partial charge in [-0.15, -0.1) is 0 Å². The molecule has 1 atom stereocenters. The predicted molar refractivity (Wildman–Crippen MR) is 84.1 cm³/mol. The fourth-order valence-corrected chi connectivity index (χ4v) is 2.11. The smallest absolute Gasteiger partial charge is 0.0987 e. The van der Waals surface area contributed by atoms with Crippen LogP contribution in [0.3, 0.4) is 0 Å². The zero-order valence-corrected chi connectivity index (χ0v) is 12.7. The summed E-state index contributed by atoms with van der Waals surface area (Å²) < 4.78 is 11.0. The third-order valence-corrected chi connectivity index (χ3v) is 4.82. The van der Waals surface area contributed by atoms with Gasteiger partial charge in [0.1, 0.15) is 0 Å². The Kier molecular flexibility index (Phi) is 4.20. The molecule has 0 saturated carbocycles. The first kappa shape index (κ1) is 14.7. The van der Waals surface area contributed by atoms with Crippen molar-refractivity contribution in [2.45, 2.75) is 25.5 Å². The summed E-state index contributed by atoms with van der Waals surface area (Å²) in [6.07, 6.45) is 1.93. The van der Waals surface area contributed by atoms with E-state index in [2.05, 4.69) is 10.2 Å². The van der Waals surface area contributed by atoms with E-state index in [0.717, 1.165) is 22.5 Å². The van der Waals surface area contributed by atoms with E-state index in [-0.39, 0.29) is 0 Å². The van der Waals surface area contributed by atoms with Gasteiger partial charge in [0.15, 0.2) is 0 Å². The molecule has 0 aliphatic carbocycles. The standard InChI is InChI=1S/C15H19N3OS/c1-11(15(2,3)20(16)19)9-13-10-14(18-17-13)12-7-5-4-6-8-12/h4-10H,16H2,1-3H3,(H,17,18). The van der Waals surface area contributed by atoms with Gasteiger partial charge in [-0.1, -0.05) is 35.9 Å². The Morgan fingerprint density at radius 1 is 1.35 bits per heavy atom. The summed E-state index contributed by atoms with van der Waals surface area (Å²) in [7, 11) is -1.41. The average Bonchev–Trinajstić information content (AvgIpc) is 2.88. The number of benzene rings is 1. The summed E-state index contributed by atoms with van der Waals surface area (Å²) in [4.78, 5) is 0. The van der Waals surface area contributed by atoms with Gasteiger partial charge in [-0.3, -0.25) is 10.2 Å². The zero-order chi connectivity index (χ0) is 14.8. The van der Waals surface area contributed by atoms with Crippen LogP contribution >= 0.6 is 0 Å². The van der Waals surface area contributed by atoms with E-state index in [1.54, 1.807) is 0 Å².